The molecule has 0 spiro atoms. The number of hydrogen-bond donors (Lipinski definition) is 2. The summed E-state index contributed by atoms with van der Waals surface area (Å²) in [6.07, 6.45) is 2.29. The number of aromatic hydroxyl groups is 2. The molecule has 8 rings (SSSR count). The third-order valence-electron chi connectivity index (χ3n) is 14.0. The van der Waals surface area contributed by atoms with Gasteiger partial charge in [-0.2, -0.15) is 0 Å². The fraction of sp³-hybridized carbons (Fsp3) is 0.552. The van der Waals surface area contributed by atoms with E-state index in [4.69, 9.17) is 28.9 Å². The molecular formula is C58H83N7O8Si2. The molecule has 15 nitrogen and oxygen atoms in total. The average Bonchev–Trinajstić information content (AvgIpc) is 4.14. The first-order chi connectivity index (χ1) is 35.0. The van der Waals surface area contributed by atoms with E-state index in [1.165, 1.54) is 0 Å². The maximum Gasteiger partial charge on any atom is 0.410 e. The van der Waals surface area contributed by atoms with Crippen molar-refractivity contribution in [1.82, 2.24) is 33.5 Å². The van der Waals surface area contributed by atoms with Crippen molar-refractivity contribution in [3.8, 4) is 39.7 Å². The number of likely N-dealkylation sites (tertiary alicyclic amines) is 2. The Balaban J connectivity index is 1.28. The van der Waals surface area contributed by atoms with Gasteiger partial charge < -0.3 is 42.9 Å². The van der Waals surface area contributed by atoms with Crippen LogP contribution in [0.25, 0.3) is 50.3 Å². The Morgan fingerprint density at radius 3 is 1.52 bits per heavy atom. The summed E-state index contributed by atoms with van der Waals surface area (Å²) in [5.74, 6) is 0.850. The van der Waals surface area contributed by atoms with E-state index in [2.05, 4.69) is 81.3 Å². The number of fused-ring (bicyclic) bond motifs is 2. The molecule has 17 heteroatoms. The third-order valence-corrected chi connectivity index (χ3v) is 17.4. The standard InChI is InChI=1S/C58H83N7O8Si2/c1-56(2,3)40-22-24-41(25-23-40)65-48(38-21-27-44-43(34-38)60-53(63(44)36-70-30-32-74(10,11)12)46-19-17-29-62(46)55(69)73-58(7,8)9)50(66)51(67)49(65)39-20-26-42-47(35-39)64(37-71-31-33-75(13,14)15)52(59-42)45-18-16-28-61(45)54(68)72-57(4,5)6/h20-27,34-35,45-46,66-67H,16-19,28-33,36-37H2,1-15H3/t45?,46-/m0/s1. The maximum atomic E-state index is 13.7. The van der Waals surface area contributed by atoms with Crippen molar-refractivity contribution in [3.05, 3.63) is 77.9 Å². The SMILES string of the molecule is CC(C)(C)OC(=O)N1CCCC1c1nc2ccc(-c3c(O)c(O)c(-c4ccc5c(c4)nc([C@@H]4CCCN4C(=O)OC(C)(C)C)n5COCC[Si](C)(C)C)n3-c3ccc(C(C)(C)C)cc3)cc2n1COCC[Si](C)(C)C. The summed E-state index contributed by atoms with van der Waals surface area (Å²) in [7, 11) is -2.80. The molecule has 75 heavy (non-hydrogen) atoms. The number of nitrogens with zero attached hydrogens (tertiary/aromatic N) is 7. The second-order valence-corrected chi connectivity index (χ2v) is 37.3. The Bertz CT molecular complexity index is 3030. The Morgan fingerprint density at radius 1 is 0.600 bits per heavy atom. The van der Waals surface area contributed by atoms with Crippen molar-refractivity contribution in [1.29, 1.82) is 0 Å². The van der Waals surface area contributed by atoms with Crippen LogP contribution in [0.4, 0.5) is 9.59 Å². The van der Waals surface area contributed by atoms with E-state index in [0.29, 0.717) is 84.3 Å². The topological polar surface area (TPSA) is 159 Å². The van der Waals surface area contributed by atoms with Crippen LogP contribution in [0.3, 0.4) is 0 Å². The number of carbonyl (C=O) groups excluding carboxylic acids is 2. The third kappa shape index (κ3) is 12.6. The molecule has 2 saturated heterocycles. The van der Waals surface area contributed by atoms with Gasteiger partial charge >= 0.3 is 12.2 Å². The predicted molar refractivity (Wildman–Crippen MR) is 303 cm³/mol. The van der Waals surface area contributed by atoms with E-state index in [9.17, 15) is 19.8 Å². The number of hydrogen-bond acceptors (Lipinski definition) is 10. The highest BCUT2D eigenvalue weighted by Crippen LogP contribution is 2.50. The van der Waals surface area contributed by atoms with Crippen LogP contribution in [0.15, 0.2) is 60.7 Å². The molecule has 3 aromatic heterocycles. The summed E-state index contributed by atoms with van der Waals surface area (Å²) in [4.78, 5) is 41.4. The molecule has 2 amide bonds. The van der Waals surface area contributed by atoms with E-state index >= 15 is 0 Å². The van der Waals surface area contributed by atoms with Gasteiger partial charge in [0.05, 0.1) is 45.5 Å². The van der Waals surface area contributed by atoms with Crippen molar-refractivity contribution < 1.29 is 38.7 Å². The Morgan fingerprint density at radius 2 is 1.05 bits per heavy atom. The Kier molecular flexibility index (Phi) is 15.6. The number of imidazole rings is 2. The number of aromatic nitrogens is 5. The molecule has 0 radical (unpaired) electrons. The van der Waals surface area contributed by atoms with Crippen LogP contribution >= 0.6 is 0 Å². The monoisotopic (exact) mass is 1060 g/mol. The highest BCUT2D eigenvalue weighted by atomic mass is 28.3. The number of carbonyl (C=O) groups is 2. The van der Waals surface area contributed by atoms with Gasteiger partial charge in [-0.1, -0.05) is 84.3 Å². The van der Waals surface area contributed by atoms with Gasteiger partial charge in [-0.05, 0) is 127 Å². The molecule has 1 unspecified atom stereocenters. The van der Waals surface area contributed by atoms with Gasteiger partial charge in [0.15, 0.2) is 11.5 Å². The quantitative estimate of drug-likeness (QED) is 0.0749. The van der Waals surface area contributed by atoms with Gasteiger partial charge in [0.25, 0.3) is 0 Å². The molecule has 3 aromatic carbocycles. The molecule has 2 aliphatic rings. The van der Waals surface area contributed by atoms with Crippen molar-refractivity contribution in [2.45, 2.75) is 182 Å². The van der Waals surface area contributed by atoms with Crippen LogP contribution in [0.2, 0.25) is 51.4 Å². The predicted octanol–water partition coefficient (Wildman–Crippen LogP) is 14.0. The minimum absolute atomic E-state index is 0.125. The molecule has 0 saturated carbocycles. The first-order valence-electron chi connectivity index (χ1n) is 26.9. The van der Waals surface area contributed by atoms with Gasteiger partial charge in [0.1, 0.15) is 36.3 Å². The zero-order valence-electron chi connectivity index (χ0n) is 47.4. The van der Waals surface area contributed by atoms with Gasteiger partial charge in [0.2, 0.25) is 0 Å². The second-order valence-electron chi connectivity index (χ2n) is 26.1. The number of benzene rings is 3. The molecular weight excluding hydrogens is 979 g/mol. The fourth-order valence-electron chi connectivity index (χ4n) is 10.0. The molecule has 406 valence electrons. The lowest BCUT2D eigenvalue weighted by Crippen LogP contribution is -2.37. The van der Waals surface area contributed by atoms with E-state index in [1.807, 2.05) is 94.6 Å². The Hall–Kier alpha value is -5.63. The average molecular weight is 1060 g/mol. The summed E-state index contributed by atoms with van der Waals surface area (Å²) in [5.41, 5.74) is 5.41. The van der Waals surface area contributed by atoms with Gasteiger partial charge in [-0.25, -0.2) is 19.6 Å². The molecule has 5 heterocycles. The van der Waals surface area contributed by atoms with E-state index in [0.717, 1.165) is 47.2 Å². The van der Waals surface area contributed by atoms with Gasteiger partial charge in [0, 0.05) is 59.3 Å². The summed E-state index contributed by atoms with van der Waals surface area (Å²) in [6, 6.07) is 21.3. The normalized spacial score (nSPS) is 17.0. The lowest BCUT2D eigenvalue weighted by atomic mass is 9.87. The minimum atomic E-state index is -1.42. The summed E-state index contributed by atoms with van der Waals surface area (Å²) in [6.45, 7) is 34.5. The molecule has 2 fully saturated rings. The zero-order chi connectivity index (χ0) is 54.6. The highest BCUT2D eigenvalue weighted by molar-refractivity contribution is 6.76. The minimum Gasteiger partial charge on any atom is -0.503 e. The lowest BCUT2D eigenvalue weighted by molar-refractivity contribution is 0.0196. The van der Waals surface area contributed by atoms with Crippen LogP contribution in [-0.4, -0.2) is 110 Å². The summed E-state index contributed by atoms with van der Waals surface area (Å²) >= 11 is 0. The fourth-order valence-corrected chi connectivity index (χ4v) is 11.5. The first-order valence-corrected chi connectivity index (χ1v) is 34.3. The van der Waals surface area contributed by atoms with E-state index in [-0.39, 0.29) is 54.6 Å². The lowest BCUT2D eigenvalue weighted by Gasteiger charge is -2.28. The van der Waals surface area contributed by atoms with Crippen LogP contribution in [0.1, 0.15) is 117 Å². The molecule has 0 bridgehead atoms. The molecule has 2 aliphatic heterocycles. The molecule has 6 aromatic rings. The molecule has 2 atom stereocenters. The zero-order valence-corrected chi connectivity index (χ0v) is 49.4. The van der Waals surface area contributed by atoms with E-state index < -0.39 is 27.3 Å². The van der Waals surface area contributed by atoms with Crippen LogP contribution in [0, 0.1) is 0 Å². The summed E-state index contributed by atoms with van der Waals surface area (Å²) < 4.78 is 30.7. The van der Waals surface area contributed by atoms with Gasteiger partial charge in [-0.3, -0.25) is 9.80 Å². The second kappa shape index (κ2) is 21.1. The van der Waals surface area contributed by atoms with Crippen molar-refractivity contribution in [2.24, 2.45) is 0 Å². The first kappa shape index (κ1) is 55.6. The van der Waals surface area contributed by atoms with Crippen LogP contribution in [0.5, 0.6) is 11.5 Å². The maximum absolute atomic E-state index is 13.7. The Labute approximate surface area is 446 Å². The molecule has 0 aliphatic carbocycles. The van der Waals surface area contributed by atoms with E-state index in [1.54, 1.807) is 9.80 Å². The largest absolute Gasteiger partial charge is 0.503 e. The van der Waals surface area contributed by atoms with Crippen molar-refractivity contribution in [2.75, 3.05) is 26.3 Å². The van der Waals surface area contributed by atoms with Crippen molar-refractivity contribution in [3.63, 3.8) is 0 Å². The van der Waals surface area contributed by atoms with Gasteiger partial charge in [-0.15, -0.1) is 0 Å². The number of ether oxygens (including phenoxy) is 4. The van der Waals surface area contributed by atoms with Crippen LogP contribution in [-0.2, 0) is 37.8 Å². The van der Waals surface area contributed by atoms with Crippen LogP contribution < -0.4 is 0 Å². The van der Waals surface area contributed by atoms with Crippen molar-refractivity contribution >= 4 is 50.4 Å². The molecule has 2 N–H and O–H groups in total. The smallest absolute Gasteiger partial charge is 0.410 e. The summed E-state index contributed by atoms with van der Waals surface area (Å²) in [5, 5.41) is 24.8. The highest BCUT2D eigenvalue weighted by Gasteiger charge is 2.39. The number of amides is 2. The number of rotatable bonds is 15.